The summed E-state index contributed by atoms with van der Waals surface area (Å²) in [6, 6.07) is 12.6. The van der Waals surface area contributed by atoms with Crippen LogP contribution in [0.5, 0.6) is 5.75 Å². The third-order valence-electron chi connectivity index (χ3n) is 3.61. The fraction of sp³-hybridized carbons (Fsp3) is 0.0625. The molecule has 0 aliphatic carbocycles. The van der Waals surface area contributed by atoms with Crippen molar-refractivity contribution in [3.63, 3.8) is 0 Å². The van der Waals surface area contributed by atoms with Crippen LogP contribution in [0.25, 0.3) is 5.69 Å². The van der Waals surface area contributed by atoms with E-state index in [0.717, 1.165) is 28.4 Å². The topological polar surface area (TPSA) is 63.3 Å². The number of fused-ring (bicyclic) bond motifs is 3. The molecule has 0 spiro atoms. The molecule has 0 saturated carbocycles. The molecule has 1 aliphatic heterocycles. The second-order valence-corrected chi connectivity index (χ2v) is 5.43. The number of aromatic hydroxyl groups is 1. The standard InChI is InChI=1S/C16H11ClN4O/c17-11-3-6-14-13(7-11)16(10-1-4-12(22)5-2-10)18-8-15-20-19-9-21(14)15/h1-7,9,22H,8H2. The van der Waals surface area contributed by atoms with E-state index in [-0.39, 0.29) is 5.75 Å². The van der Waals surface area contributed by atoms with Crippen LogP contribution < -0.4 is 0 Å². The van der Waals surface area contributed by atoms with Crippen molar-refractivity contribution in [1.29, 1.82) is 0 Å². The molecule has 0 atom stereocenters. The van der Waals surface area contributed by atoms with Gasteiger partial charge in [-0.25, -0.2) is 0 Å². The number of aromatic nitrogens is 3. The van der Waals surface area contributed by atoms with Crippen LogP contribution in [-0.2, 0) is 6.54 Å². The minimum absolute atomic E-state index is 0.224. The summed E-state index contributed by atoms with van der Waals surface area (Å²) in [6.45, 7) is 0.433. The van der Waals surface area contributed by atoms with Crippen molar-refractivity contribution in [2.75, 3.05) is 0 Å². The van der Waals surface area contributed by atoms with Crippen LogP contribution in [0.3, 0.4) is 0 Å². The Morgan fingerprint density at radius 2 is 1.91 bits per heavy atom. The molecule has 0 radical (unpaired) electrons. The van der Waals surface area contributed by atoms with Crippen LogP contribution in [0.4, 0.5) is 0 Å². The van der Waals surface area contributed by atoms with Crippen LogP contribution in [0.1, 0.15) is 17.0 Å². The Bertz CT molecular complexity index is 883. The number of hydrogen-bond acceptors (Lipinski definition) is 4. The Morgan fingerprint density at radius 3 is 2.73 bits per heavy atom. The average Bonchev–Trinajstić information content (AvgIpc) is 2.92. The summed E-state index contributed by atoms with van der Waals surface area (Å²) in [5.74, 6) is 0.999. The molecule has 0 saturated heterocycles. The number of phenolic OH excluding ortho intramolecular Hbond substituents is 1. The Kier molecular flexibility index (Phi) is 2.94. The van der Waals surface area contributed by atoms with Gasteiger partial charge in [-0.15, -0.1) is 10.2 Å². The van der Waals surface area contributed by atoms with E-state index in [1.165, 1.54) is 0 Å². The van der Waals surface area contributed by atoms with Gasteiger partial charge in [0.2, 0.25) is 0 Å². The summed E-state index contributed by atoms with van der Waals surface area (Å²) < 4.78 is 1.92. The molecule has 0 bridgehead atoms. The van der Waals surface area contributed by atoms with Gasteiger partial charge in [-0.3, -0.25) is 9.56 Å². The number of phenols is 1. The zero-order chi connectivity index (χ0) is 15.1. The van der Waals surface area contributed by atoms with Gasteiger partial charge in [0.15, 0.2) is 5.82 Å². The number of aliphatic imine (C=N–C) groups is 1. The van der Waals surface area contributed by atoms with Crippen LogP contribution >= 0.6 is 11.6 Å². The molecule has 0 amide bonds. The number of halogens is 1. The van der Waals surface area contributed by atoms with Crippen molar-refractivity contribution in [3.05, 3.63) is 70.8 Å². The van der Waals surface area contributed by atoms with Crippen molar-refractivity contribution < 1.29 is 5.11 Å². The molecule has 22 heavy (non-hydrogen) atoms. The highest BCUT2D eigenvalue weighted by atomic mass is 35.5. The second kappa shape index (κ2) is 4.96. The van der Waals surface area contributed by atoms with Gasteiger partial charge in [0, 0.05) is 16.1 Å². The van der Waals surface area contributed by atoms with Gasteiger partial charge >= 0.3 is 0 Å². The van der Waals surface area contributed by atoms with Crippen LogP contribution in [0.2, 0.25) is 5.02 Å². The molecule has 6 heteroatoms. The monoisotopic (exact) mass is 310 g/mol. The highest BCUT2D eigenvalue weighted by Gasteiger charge is 2.19. The smallest absolute Gasteiger partial charge is 0.159 e. The Hall–Kier alpha value is -2.66. The summed E-state index contributed by atoms with van der Waals surface area (Å²) in [6.07, 6.45) is 1.68. The average molecular weight is 311 g/mol. The predicted molar refractivity (Wildman–Crippen MR) is 83.8 cm³/mol. The van der Waals surface area contributed by atoms with E-state index in [4.69, 9.17) is 11.6 Å². The normalized spacial score (nSPS) is 13.0. The highest BCUT2D eigenvalue weighted by Crippen LogP contribution is 2.27. The van der Waals surface area contributed by atoms with Gasteiger partial charge in [0.25, 0.3) is 0 Å². The highest BCUT2D eigenvalue weighted by molar-refractivity contribution is 6.31. The van der Waals surface area contributed by atoms with E-state index in [9.17, 15) is 5.11 Å². The summed E-state index contributed by atoms with van der Waals surface area (Å²) in [5, 5.41) is 18.2. The lowest BCUT2D eigenvalue weighted by molar-refractivity contribution is 0.475. The first-order valence-corrected chi connectivity index (χ1v) is 7.13. The van der Waals surface area contributed by atoms with E-state index >= 15 is 0 Å². The number of rotatable bonds is 1. The number of benzene rings is 2. The van der Waals surface area contributed by atoms with E-state index in [2.05, 4.69) is 15.2 Å². The molecule has 3 aromatic rings. The molecule has 5 nitrogen and oxygen atoms in total. The Labute approximate surface area is 131 Å². The SMILES string of the molecule is Oc1ccc(C2=NCc3nncn3-c3ccc(Cl)cc32)cc1. The first-order chi connectivity index (χ1) is 10.7. The van der Waals surface area contributed by atoms with Crippen molar-refractivity contribution in [3.8, 4) is 11.4 Å². The predicted octanol–water partition coefficient (Wildman–Crippen LogP) is 2.98. The lowest BCUT2D eigenvalue weighted by atomic mass is 10.0. The number of hydrogen-bond donors (Lipinski definition) is 1. The molecule has 108 valence electrons. The summed E-state index contributed by atoms with van der Waals surface area (Å²) in [4.78, 5) is 4.67. The maximum atomic E-state index is 9.48. The van der Waals surface area contributed by atoms with Crippen molar-refractivity contribution in [2.24, 2.45) is 4.99 Å². The Morgan fingerprint density at radius 1 is 1.09 bits per heavy atom. The third-order valence-corrected chi connectivity index (χ3v) is 3.85. The molecule has 0 unspecified atom stereocenters. The quantitative estimate of drug-likeness (QED) is 0.751. The van der Waals surface area contributed by atoms with E-state index < -0.39 is 0 Å². The molecule has 2 heterocycles. The zero-order valence-corrected chi connectivity index (χ0v) is 12.2. The zero-order valence-electron chi connectivity index (χ0n) is 11.4. The lowest BCUT2D eigenvalue weighted by Gasteiger charge is -2.11. The van der Waals surface area contributed by atoms with Gasteiger partial charge < -0.3 is 5.11 Å². The molecule has 1 N–H and O–H groups in total. The first kappa shape index (κ1) is 13.0. The molecule has 4 rings (SSSR count). The van der Waals surface area contributed by atoms with Gasteiger partial charge in [0.05, 0.1) is 11.4 Å². The molecule has 1 aromatic heterocycles. The minimum atomic E-state index is 0.224. The fourth-order valence-corrected chi connectivity index (χ4v) is 2.75. The van der Waals surface area contributed by atoms with Crippen LogP contribution in [0, 0.1) is 0 Å². The van der Waals surface area contributed by atoms with Gasteiger partial charge in [-0.2, -0.15) is 0 Å². The first-order valence-electron chi connectivity index (χ1n) is 6.75. The molecule has 1 aliphatic rings. The van der Waals surface area contributed by atoms with Crippen molar-refractivity contribution >= 4 is 17.3 Å². The fourth-order valence-electron chi connectivity index (χ4n) is 2.58. The van der Waals surface area contributed by atoms with E-state index in [1.807, 2.05) is 34.9 Å². The summed E-state index contributed by atoms with van der Waals surface area (Å²) in [7, 11) is 0. The van der Waals surface area contributed by atoms with Gasteiger partial charge in [-0.1, -0.05) is 11.6 Å². The van der Waals surface area contributed by atoms with Crippen LogP contribution in [0.15, 0.2) is 53.8 Å². The number of nitrogens with zero attached hydrogens (tertiary/aromatic N) is 4. The Balaban J connectivity index is 1.96. The lowest BCUT2D eigenvalue weighted by Crippen LogP contribution is -2.06. The molecular weight excluding hydrogens is 300 g/mol. The van der Waals surface area contributed by atoms with E-state index in [1.54, 1.807) is 18.5 Å². The minimum Gasteiger partial charge on any atom is -0.508 e. The molecule has 2 aromatic carbocycles. The summed E-state index contributed by atoms with van der Waals surface area (Å²) in [5.41, 5.74) is 3.59. The third kappa shape index (κ3) is 2.07. The molecule has 0 fully saturated rings. The maximum Gasteiger partial charge on any atom is 0.159 e. The maximum absolute atomic E-state index is 9.48. The van der Waals surface area contributed by atoms with E-state index in [0.29, 0.717) is 11.6 Å². The van der Waals surface area contributed by atoms with Crippen LogP contribution in [-0.4, -0.2) is 25.6 Å². The van der Waals surface area contributed by atoms with Gasteiger partial charge in [-0.05, 0) is 42.5 Å². The largest absolute Gasteiger partial charge is 0.508 e. The van der Waals surface area contributed by atoms with Crippen molar-refractivity contribution in [2.45, 2.75) is 6.54 Å². The van der Waals surface area contributed by atoms with Crippen molar-refractivity contribution in [1.82, 2.24) is 14.8 Å². The second-order valence-electron chi connectivity index (χ2n) is 4.99. The van der Waals surface area contributed by atoms with Gasteiger partial charge in [0.1, 0.15) is 18.6 Å². The summed E-state index contributed by atoms with van der Waals surface area (Å²) >= 11 is 6.17. The molecular formula is C16H11ClN4O.